The molecular weight excluding hydrogens is 224 g/mol. The number of Topliss-reactive ketones (excluding diaryl/α,β-unsaturated/α-hetero) is 1. The second kappa shape index (κ2) is 5.46. The van der Waals surface area contributed by atoms with Gasteiger partial charge in [0, 0.05) is 22.3 Å². The van der Waals surface area contributed by atoms with Crippen LogP contribution in [0.2, 0.25) is 0 Å². The Morgan fingerprint density at radius 1 is 1.17 bits per heavy atom. The smallest absolute Gasteiger partial charge is 0.189 e. The fourth-order valence-corrected chi connectivity index (χ4v) is 2.20. The molecule has 0 amide bonds. The Hall–Kier alpha value is -2.14. The molecule has 0 radical (unpaired) electrons. The molecule has 2 nitrogen and oxygen atoms in total. The molecule has 0 saturated carbocycles. The lowest BCUT2D eigenvalue weighted by atomic mass is 9.87. The third-order valence-electron chi connectivity index (χ3n) is 3.23. The van der Waals surface area contributed by atoms with Gasteiger partial charge in [-0.3, -0.25) is 9.59 Å². The Kier molecular flexibility index (Phi) is 3.74. The molecule has 0 N–H and O–H groups in total. The zero-order valence-electron chi connectivity index (χ0n) is 10.1. The first-order valence-electron chi connectivity index (χ1n) is 6.05. The average Bonchev–Trinajstić information content (AvgIpc) is 2.46. The van der Waals surface area contributed by atoms with E-state index in [0.29, 0.717) is 11.1 Å². The number of ketones is 1. The van der Waals surface area contributed by atoms with Crippen molar-refractivity contribution in [1.29, 1.82) is 0 Å². The van der Waals surface area contributed by atoms with Crippen LogP contribution in [0.15, 0.2) is 35.4 Å². The molecule has 1 aliphatic rings. The largest absolute Gasteiger partial charge is 0.298 e. The summed E-state index contributed by atoms with van der Waals surface area (Å²) < 4.78 is 0. The Morgan fingerprint density at radius 3 is 2.44 bits per heavy atom. The molecule has 0 spiro atoms. The van der Waals surface area contributed by atoms with Crippen molar-refractivity contribution >= 4 is 12.1 Å². The zero-order valence-corrected chi connectivity index (χ0v) is 10.1. The monoisotopic (exact) mass is 238 g/mol. The highest BCUT2D eigenvalue weighted by Gasteiger charge is 2.19. The van der Waals surface area contributed by atoms with Crippen LogP contribution in [0.1, 0.15) is 46.4 Å². The van der Waals surface area contributed by atoms with Crippen molar-refractivity contribution in [3.8, 4) is 12.3 Å². The molecule has 0 fully saturated rings. The van der Waals surface area contributed by atoms with Gasteiger partial charge < -0.3 is 0 Å². The number of carbonyl (C=O) groups is 2. The van der Waals surface area contributed by atoms with E-state index < -0.39 is 0 Å². The van der Waals surface area contributed by atoms with Crippen molar-refractivity contribution in [3.05, 3.63) is 46.5 Å². The molecular formula is C16H14O2. The maximum absolute atomic E-state index is 12.3. The minimum atomic E-state index is 0.0000916. The minimum Gasteiger partial charge on any atom is -0.298 e. The first-order chi connectivity index (χ1) is 8.76. The van der Waals surface area contributed by atoms with Gasteiger partial charge in [0.25, 0.3) is 0 Å². The van der Waals surface area contributed by atoms with Crippen LogP contribution in [0.5, 0.6) is 0 Å². The average molecular weight is 238 g/mol. The third-order valence-corrected chi connectivity index (χ3v) is 3.23. The summed E-state index contributed by atoms with van der Waals surface area (Å²) in [5.41, 5.74) is 2.78. The number of hydrogen-bond donors (Lipinski definition) is 0. The van der Waals surface area contributed by atoms with E-state index in [1.807, 2.05) is 0 Å². The van der Waals surface area contributed by atoms with E-state index in [2.05, 4.69) is 5.92 Å². The summed E-state index contributed by atoms with van der Waals surface area (Å²) in [4.78, 5) is 22.9. The standard InChI is InChI=1S/C16H14O2/c1-2-13-5-3-4-6-15(13)16(18)14-9-7-12(11-17)8-10-14/h1,7-11H,3-6H2. The predicted molar refractivity (Wildman–Crippen MR) is 70.5 cm³/mol. The molecule has 18 heavy (non-hydrogen) atoms. The Balaban J connectivity index is 2.32. The van der Waals surface area contributed by atoms with Crippen molar-refractivity contribution in [3.63, 3.8) is 0 Å². The van der Waals surface area contributed by atoms with Crippen LogP contribution in [-0.4, -0.2) is 12.1 Å². The van der Waals surface area contributed by atoms with Gasteiger partial charge >= 0.3 is 0 Å². The summed E-state index contributed by atoms with van der Waals surface area (Å²) in [5, 5.41) is 0. The molecule has 0 atom stereocenters. The van der Waals surface area contributed by atoms with Crippen molar-refractivity contribution in [2.75, 3.05) is 0 Å². The zero-order chi connectivity index (χ0) is 13.0. The van der Waals surface area contributed by atoms with Crippen LogP contribution in [0, 0.1) is 12.3 Å². The number of aldehydes is 1. The summed E-state index contributed by atoms with van der Waals surface area (Å²) >= 11 is 0. The van der Waals surface area contributed by atoms with E-state index in [0.717, 1.165) is 43.1 Å². The van der Waals surface area contributed by atoms with Crippen LogP contribution in [0.25, 0.3) is 0 Å². The van der Waals surface area contributed by atoms with Gasteiger partial charge in [-0.2, -0.15) is 0 Å². The topological polar surface area (TPSA) is 34.1 Å². The molecule has 0 aromatic heterocycles. The van der Waals surface area contributed by atoms with Crippen molar-refractivity contribution in [1.82, 2.24) is 0 Å². The quantitative estimate of drug-likeness (QED) is 0.460. The first kappa shape index (κ1) is 12.3. The highest BCUT2D eigenvalue weighted by atomic mass is 16.1. The molecule has 0 saturated heterocycles. The number of benzene rings is 1. The van der Waals surface area contributed by atoms with Gasteiger partial charge in [0.2, 0.25) is 0 Å². The molecule has 0 unspecified atom stereocenters. The van der Waals surface area contributed by atoms with Gasteiger partial charge in [0.05, 0.1) is 0 Å². The maximum atomic E-state index is 12.3. The number of allylic oxidation sites excluding steroid dienone is 2. The van der Waals surface area contributed by atoms with Crippen molar-refractivity contribution < 1.29 is 9.59 Å². The molecule has 2 heteroatoms. The van der Waals surface area contributed by atoms with Crippen LogP contribution in [-0.2, 0) is 0 Å². The minimum absolute atomic E-state index is 0.0000916. The van der Waals surface area contributed by atoms with E-state index in [1.54, 1.807) is 24.3 Å². The fraction of sp³-hybridized carbons (Fsp3) is 0.250. The highest BCUT2D eigenvalue weighted by molar-refractivity contribution is 6.09. The van der Waals surface area contributed by atoms with E-state index in [-0.39, 0.29) is 5.78 Å². The second-order valence-electron chi connectivity index (χ2n) is 4.38. The van der Waals surface area contributed by atoms with Gasteiger partial charge in [-0.05, 0) is 25.7 Å². The summed E-state index contributed by atoms with van der Waals surface area (Å²) in [5.74, 6) is 2.63. The van der Waals surface area contributed by atoms with Gasteiger partial charge in [-0.15, -0.1) is 6.42 Å². The lowest BCUT2D eigenvalue weighted by Crippen LogP contribution is -2.10. The summed E-state index contributed by atoms with van der Waals surface area (Å²) in [6, 6.07) is 6.67. The SMILES string of the molecule is C#CC1=C(C(=O)c2ccc(C=O)cc2)CCCC1. The van der Waals surface area contributed by atoms with Crippen LogP contribution < -0.4 is 0 Å². The number of rotatable bonds is 3. The molecule has 1 aliphatic carbocycles. The highest BCUT2D eigenvalue weighted by Crippen LogP contribution is 2.27. The number of hydrogen-bond acceptors (Lipinski definition) is 2. The number of carbonyl (C=O) groups excluding carboxylic acids is 2. The Labute approximate surface area is 107 Å². The molecule has 2 rings (SSSR count). The van der Waals surface area contributed by atoms with Crippen molar-refractivity contribution in [2.24, 2.45) is 0 Å². The van der Waals surface area contributed by atoms with Gasteiger partial charge in [-0.25, -0.2) is 0 Å². The molecule has 90 valence electrons. The van der Waals surface area contributed by atoms with Crippen LogP contribution in [0.4, 0.5) is 0 Å². The predicted octanol–water partition coefficient (Wildman–Crippen LogP) is 3.19. The van der Waals surface area contributed by atoms with Gasteiger partial charge in [0.1, 0.15) is 6.29 Å². The summed E-state index contributed by atoms with van der Waals surface area (Å²) in [6.07, 6.45) is 9.86. The summed E-state index contributed by atoms with van der Waals surface area (Å²) in [6.45, 7) is 0. The summed E-state index contributed by atoms with van der Waals surface area (Å²) in [7, 11) is 0. The third kappa shape index (κ3) is 2.41. The van der Waals surface area contributed by atoms with Crippen LogP contribution >= 0.6 is 0 Å². The lowest BCUT2D eigenvalue weighted by molar-refractivity contribution is 0.102. The van der Waals surface area contributed by atoms with Crippen LogP contribution in [0.3, 0.4) is 0 Å². The fourth-order valence-electron chi connectivity index (χ4n) is 2.20. The Bertz CT molecular complexity index is 541. The van der Waals surface area contributed by atoms with E-state index >= 15 is 0 Å². The Morgan fingerprint density at radius 2 is 1.83 bits per heavy atom. The molecule has 1 aromatic carbocycles. The van der Waals surface area contributed by atoms with Gasteiger partial charge in [-0.1, -0.05) is 30.2 Å². The molecule has 1 aromatic rings. The van der Waals surface area contributed by atoms with E-state index in [1.165, 1.54) is 0 Å². The maximum Gasteiger partial charge on any atom is 0.189 e. The van der Waals surface area contributed by atoms with Crippen molar-refractivity contribution in [2.45, 2.75) is 25.7 Å². The number of terminal acetylenes is 1. The first-order valence-corrected chi connectivity index (χ1v) is 6.05. The molecule has 0 aliphatic heterocycles. The normalized spacial score (nSPS) is 15.1. The van der Waals surface area contributed by atoms with E-state index in [4.69, 9.17) is 6.42 Å². The van der Waals surface area contributed by atoms with E-state index in [9.17, 15) is 9.59 Å². The second-order valence-corrected chi connectivity index (χ2v) is 4.38. The molecule has 0 heterocycles. The lowest BCUT2D eigenvalue weighted by Gasteiger charge is -2.15. The van der Waals surface area contributed by atoms with Gasteiger partial charge in [0.15, 0.2) is 5.78 Å². The molecule has 0 bridgehead atoms.